The Morgan fingerprint density at radius 3 is 1.76 bits per heavy atom. The van der Waals surface area contributed by atoms with Gasteiger partial charge in [-0.15, -0.1) is 11.8 Å². The smallest absolute Gasteiger partial charge is 0.407 e. The summed E-state index contributed by atoms with van der Waals surface area (Å²) in [6.07, 6.45) is -0.296. The summed E-state index contributed by atoms with van der Waals surface area (Å²) in [6, 6.07) is 0. The highest BCUT2D eigenvalue weighted by atomic mass is 32.2. The summed E-state index contributed by atoms with van der Waals surface area (Å²) in [5.41, 5.74) is 9.73. The topological polar surface area (TPSA) is 144 Å². The molecule has 0 bridgehead atoms. The lowest BCUT2D eigenvalue weighted by atomic mass is 10.7. The summed E-state index contributed by atoms with van der Waals surface area (Å²) in [5, 5.41) is 16.8. The molecule has 3 rings (SSSR count). The van der Waals surface area contributed by atoms with E-state index in [2.05, 4.69) is 70.0 Å². The monoisotopic (exact) mass is 527 g/mol. The number of alkyl carbamates (subject to hydrolysis) is 1. The fourth-order valence-electron chi connectivity index (χ4n) is 1.06. The minimum absolute atomic E-state index is 0. The minimum atomic E-state index is -0.296. The molecule has 0 saturated carbocycles. The summed E-state index contributed by atoms with van der Waals surface area (Å²) >= 11 is 18.3. The molecule has 0 unspecified atom stereocenters. The molecular formula is C14H33N5O4S6. The van der Waals surface area contributed by atoms with E-state index < -0.39 is 0 Å². The van der Waals surface area contributed by atoms with Crippen LogP contribution in [0, 0.1) is 0 Å². The molecule has 9 nitrogen and oxygen atoms in total. The van der Waals surface area contributed by atoms with Crippen LogP contribution in [0.1, 0.15) is 0 Å². The number of nitrogens with one attached hydrogen (secondary N) is 3. The number of aliphatic hydroxyl groups is 1. The van der Waals surface area contributed by atoms with Crippen molar-refractivity contribution in [3.05, 3.63) is 0 Å². The van der Waals surface area contributed by atoms with Crippen LogP contribution in [0.5, 0.6) is 0 Å². The number of amides is 1. The summed E-state index contributed by atoms with van der Waals surface area (Å²) in [6.45, 7) is 5.17. The number of thiol groups is 1. The van der Waals surface area contributed by atoms with Crippen LogP contribution < -0.4 is 27.4 Å². The van der Waals surface area contributed by atoms with Gasteiger partial charge in [0.15, 0.2) is 0 Å². The van der Waals surface area contributed by atoms with E-state index in [1.165, 1.54) is 18.2 Å². The van der Waals surface area contributed by atoms with Crippen molar-refractivity contribution in [2.75, 3.05) is 69.9 Å². The molecule has 0 spiro atoms. The van der Waals surface area contributed by atoms with E-state index >= 15 is 0 Å². The Bertz CT molecular complexity index is 338. The van der Waals surface area contributed by atoms with E-state index in [0.717, 1.165) is 18.9 Å². The fourth-order valence-corrected chi connectivity index (χ4v) is 1.96. The molecule has 29 heavy (non-hydrogen) atoms. The van der Waals surface area contributed by atoms with Gasteiger partial charge in [0.2, 0.25) is 0 Å². The second kappa shape index (κ2) is 35.5. The molecule has 3 fully saturated rings. The molecule has 1 amide bonds. The average Bonchev–Trinajstić information content (AvgIpc) is 3.49. The molecule has 3 heterocycles. The summed E-state index contributed by atoms with van der Waals surface area (Å²) in [7, 11) is 0. The number of nitrogens with two attached hydrogens (primary N) is 2. The number of thioether (sulfide) groups is 1. The van der Waals surface area contributed by atoms with Crippen molar-refractivity contribution in [3.63, 3.8) is 0 Å². The maximum Gasteiger partial charge on any atom is 0.407 e. The van der Waals surface area contributed by atoms with Crippen molar-refractivity contribution in [3.8, 4) is 0 Å². The Kier molecular flexibility index (Phi) is 44.6. The number of carbonyl (C=O) groups is 1. The Morgan fingerprint density at radius 1 is 1.14 bits per heavy atom. The number of hydrogen-bond donors (Lipinski definition) is 7. The Labute approximate surface area is 206 Å². The average molecular weight is 528 g/mol. The third-order valence-corrected chi connectivity index (χ3v) is 3.52. The van der Waals surface area contributed by atoms with Crippen molar-refractivity contribution in [2.24, 2.45) is 11.5 Å². The first kappa shape index (κ1) is 36.4. The lowest BCUT2D eigenvalue weighted by molar-refractivity contribution is 0.178. The molecule has 0 aromatic carbocycles. The van der Waals surface area contributed by atoms with Gasteiger partial charge in [0.05, 0.1) is 19.7 Å². The van der Waals surface area contributed by atoms with E-state index in [-0.39, 0.29) is 26.2 Å². The van der Waals surface area contributed by atoms with Gasteiger partial charge in [-0.25, -0.2) is 4.79 Å². The van der Waals surface area contributed by atoms with Gasteiger partial charge < -0.3 is 42.0 Å². The third kappa shape index (κ3) is 43.0. The molecular weight excluding hydrogens is 495 g/mol. The number of rotatable bonds is 2. The number of ether oxygens (including phenoxy) is 2. The molecule has 0 atom stereocenters. The molecule has 8 N–H and O–H groups in total. The highest BCUT2D eigenvalue weighted by molar-refractivity contribution is 7.99. The zero-order valence-corrected chi connectivity index (χ0v) is 21.3. The fraction of sp³-hybridized carbons (Fsp3) is 0.786. The van der Waals surface area contributed by atoms with E-state index in [4.69, 9.17) is 21.3 Å². The number of carbonyl (C=O) groups excluding carboxylic acids is 1. The molecule has 0 radical (unpaired) electrons. The highest BCUT2D eigenvalue weighted by Gasteiger charge is 2.06. The van der Waals surface area contributed by atoms with Crippen LogP contribution in [0.25, 0.3) is 0 Å². The van der Waals surface area contributed by atoms with Gasteiger partial charge in [0, 0.05) is 41.3 Å². The number of aliphatic hydroxyl groups excluding tert-OH is 1. The van der Waals surface area contributed by atoms with Crippen LogP contribution >= 0.6 is 74.5 Å². The molecule has 0 aromatic heterocycles. The SMILES string of the molecule is C1CSCN1.NCCO.NCCS.O=C1NCCO1.S.S=C1NCCO1.S=C=S. The van der Waals surface area contributed by atoms with Gasteiger partial charge in [-0.3, -0.25) is 0 Å². The first-order chi connectivity index (χ1) is 13.5. The second-order valence-electron chi connectivity index (χ2n) is 4.29. The normalized spacial score (nSPS) is 14.6. The first-order valence-corrected chi connectivity index (χ1v) is 11.3. The summed E-state index contributed by atoms with van der Waals surface area (Å²) in [5.74, 6) is 3.26. The standard InChI is InChI=1S/C3H5NO2.C3H5NOS.C3H7NS.C2H7NO.C2H7NS.CS2.H2S/c5-3-4-1-2-6-3;6-3-4-1-2-5-3;1-2-5-3-4-1;2*3-1-2-4;2-1-3;/h1-2H2,(H,4,5);1-2H2,(H,4,6);4H,1-3H2;2*4H,1-3H2;;1H2. The van der Waals surface area contributed by atoms with Crippen LogP contribution in [0.2, 0.25) is 0 Å². The van der Waals surface area contributed by atoms with Crippen molar-refractivity contribution in [1.82, 2.24) is 16.0 Å². The Morgan fingerprint density at radius 2 is 1.66 bits per heavy atom. The van der Waals surface area contributed by atoms with E-state index in [1.807, 2.05) is 16.1 Å². The highest BCUT2D eigenvalue weighted by Crippen LogP contribution is 1.99. The Hall–Kier alpha value is 0.0700. The van der Waals surface area contributed by atoms with Gasteiger partial charge in [-0.05, 0) is 36.7 Å². The van der Waals surface area contributed by atoms with E-state index in [9.17, 15) is 4.79 Å². The summed E-state index contributed by atoms with van der Waals surface area (Å²) < 4.78 is 11.1. The first-order valence-electron chi connectivity index (χ1n) is 8.24. The maximum absolute atomic E-state index is 9.91. The quantitative estimate of drug-likeness (QED) is 0.189. The number of hydrogen-bond acceptors (Lipinski definition) is 12. The van der Waals surface area contributed by atoms with Crippen molar-refractivity contribution in [1.29, 1.82) is 0 Å². The van der Waals surface area contributed by atoms with Gasteiger partial charge in [-0.1, -0.05) is 0 Å². The van der Waals surface area contributed by atoms with Gasteiger partial charge in [0.25, 0.3) is 5.17 Å². The molecule has 0 aliphatic carbocycles. The molecule has 3 saturated heterocycles. The number of cyclic esters (lactones) is 1. The largest absolute Gasteiger partial charge is 0.469 e. The zero-order valence-electron chi connectivity index (χ0n) is 16.2. The second-order valence-corrected chi connectivity index (χ2v) is 6.88. The van der Waals surface area contributed by atoms with E-state index in [1.54, 1.807) is 0 Å². The van der Waals surface area contributed by atoms with Crippen LogP contribution in [0.3, 0.4) is 0 Å². The molecule has 3 aliphatic heterocycles. The summed E-state index contributed by atoms with van der Waals surface area (Å²) in [4.78, 5) is 9.91. The van der Waals surface area contributed by atoms with Crippen LogP contribution in [0.15, 0.2) is 0 Å². The zero-order chi connectivity index (χ0) is 21.9. The third-order valence-electron chi connectivity index (χ3n) is 2.09. The van der Waals surface area contributed by atoms with Crippen molar-refractivity contribution >= 4 is 90.1 Å². The van der Waals surface area contributed by atoms with E-state index in [0.29, 0.717) is 31.4 Å². The molecule has 3 aliphatic rings. The molecule has 174 valence electrons. The van der Waals surface area contributed by atoms with Gasteiger partial charge in [0.1, 0.15) is 13.2 Å². The van der Waals surface area contributed by atoms with Crippen molar-refractivity contribution in [2.45, 2.75) is 0 Å². The van der Waals surface area contributed by atoms with Crippen LogP contribution in [-0.4, -0.2) is 90.6 Å². The lowest BCUT2D eigenvalue weighted by Crippen LogP contribution is -2.11. The maximum atomic E-state index is 9.91. The Balaban J connectivity index is -0.000000131. The van der Waals surface area contributed by atoms with Gasteiger partial charge in [-0.2, -0.15) is 26.1 Å². The minimum Gasteiger partial charge on any atom is -0.469 e. The van der Waals surface area contributed by atoms with Crippen LogP contribution in [-0.2, 0) is 9.47 Å². The molecule has 0 aromatic rings. The predicted octanol–water partition coefficient (Wildman–Crippen LogP) is -0.159. The molecule has 15 heteroatoms. The predicted molar refractivity (Wildman–Crippen MR) is 141 cm³/mol. The van der Waals surface area contributed by atoms with Crippen molar-refractivity contribution < 1.29 is 19.4 Å². The number of thiocarbonyl (C=S) groups is 3. The van der Waals surface area contributed by atoms with Crippen LogP contribution in [0.4, 0.5) is 4.79 Å². The van der Waals surface area contributed by atoms with Gasteiger partial charge >= 0.3 is 6.09 Å². The lowest BCUT2D eigenvalue weighted by Gasteiger charge is -1.85.